The third kappa shape index (κ3) is 5.63. The van der Waals surface area contributed by atoms with Gasteiger partial charge in [0.1, 0.15) is 11.6 Å². The molecule has 0 bridgehead atoms. The first kappa shape index (κ1) is 24.6. The van der Waals surface area contributed by atoms with Crippen molar-refractivity contribution in [2.45, 2.75) is 39.2 Å². The number of rotatable bonds is 7. The predicted octanol–water partition coefficient (Wildman–Crippen LogP) is 3.07. The second-order valence-electron chi connectivity index (χ2n) is 8.67. The molecular formula is C22H27FN8O3. The van der Waals surface area contributed by atoms with E-state index in [2.05, 4.69) is 35.3 Å². The van der Waals surface area contributed by atoms with E-state index < -0.39 is 12.1 Å². The van der Waals surface area contributed by atoms with Gasteiger partial charge in [-0.1, -0.05) is 20.8 Å². The number of nitrogens with one attached hydrogen (secondary N) is 3. The van der Waals surface area contributed by atoms with Gasteiger partial charge in [-0.05, 0) is 19.1 Å². The van der Waals surface area contributed by atoms with Crippen LogP contribution in [0.4, 0.5) is 21.0 Å². The lowest BCUT2D eigenvalue weighted by atomic mass is 9.96. The van der Waals surface area contributed by atoms with Crippen molar-refractivity contribution in [3.05, 3.63) is 35.9 Å². The van der Waals surface area contributed by atoms with Crippen LogP contribution in [0.5, 0.6) is 0 Å². The number of nitrogens with zero attached hydrogens (tertiary/aromatic N) is 4. The molecule has 0 unspecified atom stereocenters. The van der Waals surface area contributed by atoms with Crippen LogP contribution in [0.1, 0.15) is 43.9 Å². The number of aromatic nitrogens is 5. The van der Waals surface area contributed by atoms with Crippen molar-refractivity contribution < 1.29 is 18.7 Å². The maximum Gasteiger partial charge on any atom is 0.407 e. The highest BCUT2D eigenvalue weighted by atomic mass is 19.1. The molecule has 3 rings (SSSR count). The highest BCUT2D eigenvalue weighted by Gasteiger charge is 2.24. The van der Waals surface area contributed by atoms with E-state index in [4.69, 9.17) is 10.7 Å². The number of ether oxygens (including phenoxy) is 1. The quantitative estimate of drug-likeness (QED) is 0.380. The molecule has 0 aromatic carbocycles. The Labute approximate surface area is 195 Å². The summed E-state index contributed by atoms with van der Waals surface area (Å²) < 4.78 is 18.1. The van der Waals surface area contributed by atoms with Crippen LogP contribution in [-0.4, -0.2) is 56.7 Å². The summed E-state index contributed by atoms with van der Waals surface area (Å²) in [6.07, 6.45) is 2.46. The largest absolute Gasteiger partial charge is 0.453 e. The Kier molecular flexibility index (Phi) is 7.08. The first-order valence-corrected chi connectivity index (χ1v) is 10.5. The molecule has 34 heavy (non-hydrogen) atoms. The number of halogens is 1. The lowest BCUT2D eigenvalue weighted by Crippen LogP contribution is -2.37. The van der Waals surface area contributed by atoms with Crippen molar-refractivity contribution >= 4 is 23.9 Å². The van der Waals surface area contributed by atoms with Crippen LogP contribution in [0.25, 0.3) is 22.6 Å². The predicted molar refractivity (Wildman–Crippen MR) is 125 cm³/mol. The minimum Gasteiger partial charge on any atom is -0.453 e. The van der Waals surface area contributed by atoms with Crippen molar-refractivity contribution in [3.8, 4) is 22.6 Å². The number of hydrogen-bond donors (Lipinski definition) is 4. The SMILES string of the molecule is COC(=O)N[C@@H](C)CNc1nccc(-c2[nH]c(C(C)(C)C)nc2-c2cnc(N)c(C(=O)F)c2)n1. The molecule has 0 aliphatic rings. The number of methoxy groups -OCH3 is 1. The molecule has 3 aromatic heterocycles. The second-order valence-corrected chi connectivity index (χ2v) is 8.67. The van der Waals surface area contributed by atoms with Gasteiger partial charge in [-0.3, -0.25) is 4.79 Å². The Morgan fingerprint density at radius 3 is 2.65 bits per heavy atom. The molecular weight excluding hydrogens is 443 g/mol. The number of nitrogen functional groups attached to an aromatic ring is 1. The fourth-order valence-electron chi connectivity index (χ4n) is 3.02. The lowest BCUT2D eigenvalue weighted by molar-refractivity contribution is 0.0836. The molecule has 0 radical (unpaired) electrons. The van der Waals surface area contributed by atoms with Crippen LogP contribution in [0.3, 0.4) is 0 Å². The molecule has 0 saturated heterocycles. The molecule has 1 amide bonds. The summed E-state index contributed by atoms with van der Waals surface area (Å²) in [6.45, 7) is 8.11. The number of carbonyl (C=O) groups is 2. The zero-order chi connectivity index (χ0) is 25.0. The number of carbonyl (C=O) groups excluding carboxylic acids is 2. The van der Waals surface area contributed by atoms with Gasteiger partial charge < -0.3 is 26.1 Å². The average Bonchev–Trinajstić information content (AvgIpc) is 3.24. The van der Waals surface area contributed by atoms with Crippen LogP contribution in [-0.2, 0) is 10.2 Å². The summed E-state index contributed by atoms with van der Waals surface area (Å²) in [5.74, 6) is 0.781. The van der Waals surface area contributed by atoms with Crippen molar-refractivity contribution in [2.24, 2.45) is 0 Å². The third-order valence-corrected chi connectivity index (χ3v) is 4.85. The van der Waals surface area contributed by atoms with Crippen molar-refractivity contribution in [2.75, 3.05) is 24.7 Å². The molecule has 0 fully saturated rings. The number of hydrogen-bond acceptors (Lipinski definition) is 9. The van der Waals surface area contributed by atoms with E-state index >= 15 is 0 Å². The standard InChI is InChI=1S/C22H27FN8O3/c1-11(28-21(33)34-5)9-27-20-25-7-6-14(29-20)16-15(30-19(31-16)22(2,3)4)12-8-13(17(23)32)18(24)26-10-12/h6-8,10-11H,9H2,1-5H3,(H2,24,26)(H,28,33)(H,30,31)(H,25,27,29)/t11-/m0/s1. The molecule has 0 saturated carbocycles. The van der Waals surface area contributed by atoms with Crippen LogP contribution in [0, 0.1) is 0 Å². The number of anilines is 2. The summed E-state index contributed by atoms with van der Waals surface area (Å²) >= 11 is 0. The van der Waals surface area contributed by atoms with Gasteiger partial charge in [-0.15, -0.1) is 0 Å². The number of nitrogens with two attached hydrogens (primary N) is 1. The summed E-state index contributed by atoms with van der Waals surface area (Å²) in [6, 6.07) is 1.09. The topological polar surface area (TPSA) is 161 Å². The number of pyridine rings is 1. The first-order chi connectivity index (χ1) is 16.0. The van der Waals surface area contributed by atoms with Crippen LogP contribution >= 0.6 is 0 Å². The second kappa shape index (κ2) is 9.81. The van der Waals surface area contributed by atoms with E-state index in [1.807, 2.05) is 20.8 Å². The van der Waals surface area contributed by atoms with Gasteiger partial charge in [0.05, 0.1) is 29.8 Å². The van der Waals surface area contributed by atoms with E-state index in [0.717, 1.165) is 0 Å². The average molecular weight is 471 g/mol. The Bertz CT molecular complexity index is 1210. The van der Waals surface area contributed by atoms with Crippen LogP contribution in [0.15, 0.2) is 24.5 Å². The lowest BCUT2D eigenvalue weighted by Gasteiger charge is -2.14. The summed E-state index contributed by atoms with van der Waals surface area (Å²) in [5.41, 5.74) is 6.86. The Morgan fingerprint density at radius 1 is 1.26 bits per heavy atom. The third-order valence-electron chi connectivity index (χ3n) is 4.85. The molecule has 11 nitrogen and oxygen atoms in total. The summed E-state index contributed by atoms with van der Waals surface area (Å²) in [4.78, 5) is 43.4. The molecule has 3 heterocycles. The molecule has 1 atom stereocenters. The zero-order valence-electron chi connectivity index (χ0n) is 19.6. The molecule has 5 N–H and O–H groups in total. The van der Waals surface area contributed by atoms with Crippen molar-refractivity contribution in [3.63, 3.8) is 0 Å². The Hall–Kier alpha value is -4.09. The summed E-state index contributed by atoms with van der Waals surface area (Å²) in [7, 11) is 1.29. The van der Waals surface area contributed by atoms with Gasteiger partial charge in [0.25, 0.3) is 0 Å². The van der Waals surface area contributed by atoms with Gasteiger partial charge in [-0.2, -0.15) is 4.39 Å². The fraction of sp³-hybridized carbons (Fsp3) is 0.364. The van der Waals surface area contributed by atoms with Crippen LogP contribution < -0.4 is 16.4 Å². The monoisotopic (exact) mass is 470 g/mol. The maximum atomic E-state index is 13.5. The minimum absolute atomic E-state index is 0.201. The van der Waals surface area contributed by atoms with Crippen molar-refractivity contribution in [1.82, 2.24) is 30.2 Å². The van der Waals surface area contributed by atoms with Gasteiger partial charge in [0, 0.05) is 36.0 Å². The highest BCUT2D eigenvalue weighted by molar-refractivity contribution is 5.95. The number of H-pyrrole nitrogens is 1. The molecule has 0 aliphatic carbocycles. The molecule has 12 heteroatoms. The number of imidazole rings is 1. The fourth-order valence-corrected chi connectivity index (χ4v) is 3.02. The number of amides is 1. The van der Waals surface area contributed by atoms with Gasteiger partial charge in [0.15, 0.2) is 0 Å². The van der Waals surface area contributed by atoms with E-state index in [9.17, 15) is 14.0 Å². The van der Waals surface area contributed by atoms with Gasteiger partial charge in [0.2, 0.25) is 5.95 Å². The number of aromatic amines is 1. The van der Waals surface area contributed by atoms with Gasteiger partial charge >= 0.3 is 12.1 Å². The van der Waals surface area contributed by atoms with Gasteiger partial charge in [-0.25, -0.2) is 24.7 Å². The highest BCUT2D eigenvalue weighted by Crippen LogP contribution is 2.33. The summed E-state index contributed by atoms with van der Waals surface area (Å²) in [5, 5.41) is 5.71. The molecule has 0 aliphatic heterocycles. The Balaban J connectivity index is 1.99. The Morgan fingerprint density at radius 2 is 2.00 bits per heavy atom. The first-order valence-electron chi connectivity index (χ1n) is 10.5. The molecule has 3 aromatic rings. The molecule has 180 valence electrons. The minimum atomic E-state index is -1.68. The smallest absolute Gasteiger partial charge is 0.407 e. The zero-order valence-corrected chi connectivity index (χ0v) is 19.6. The van der Waals surface area contributed by atoms with Crippen molar-refractivity contribution in [1.29, 1.82) is 0 Å². The normalized spacial score (nSPS) is 12.2. The van der Waals surface area contributed by atoms with E-state index in [0.29, 0.717) is 41.0 Å². The maximum absolute atomic E-state index is 13.5. The van der Waals surface area contributed by atoms with E-state index in [-0.39, 0.29) is 22.8 Å². The molecule has 0 spiro atoms. The van der Waals surface area contributed by atoms with E-state index in [1.54, 1.807) is 19.2 Å². The van der Waals surface area contributed by atoms with Crippen LogP contribution in [0.2, 0.25) is 0 Å². The number of alkyl carbamates (subject to hydrolysis) is 1. The van der Waals surface area contributed by atoms with E-state index in [1.165, 1.54) is 19.4 Å².